The Morgan fingerprint density at radius 3 is 2.65 bits per heavy atom. The fourth-order valence-electron chi connectivity index (χ4n) is 2.95. The number of pyridine rings is 1. The topological polar surface area (TPSA) is 118 Å². The Hall–Kier alpha value is -3.27. The molecule has 0 fully saturated rings. The molecule has 0 amide bonds. The number of hydrogen-bond donors (Lipinski definition) is 2. The van der Waals surface area contributed by atoms with Crippen molar-refractivity contribution in [2.24, 2.45) is 0 Å². The Labute approximate surface area is 181 Å². The Balaban J connectivity index is 2.18. The van der Waals surface area contributed by atoms with Crippen LogP contribution in [0.2, 0.25) is 0 Å². The highest BCUT2D eigenvalue weighted by Crippen LogP contribution is 2.29. The lowest BCUT2D eigenvalue weighted by atomic mass is 10.3. The van der Waals surface area contributed by atoms with Crippen LogP contribution in [0.1, 0.15) is 43.7 Å². The van der Waals surface area contributed by atoms with E-state index < -0.39 is 5.97 Å². The van der Waals surface area contributed by atoms with Gasteiger partial charge >= 0.3 is 5.97 Å². The maximum absolute atomic E-state index is 11.9. The predicted molar refractivity (Wildman–Crippen MR) is 119 cm³/mol. The van der Waals surface area contributed by atoms with E-state index in [0.717, 1.165) is 5.56 Å². The molecule has 3 aromatic rings. The normalized spacial score (nSPS) is 11.5. The Morgan fingerprint density at radius 1 is 1.29 bits per heavy atom. The first-order chi connectivity index (χ1) is 14.7. The molecule has 3 aromatic heterocycles. The van der Waals surface area contributed by atoms with Crippen LogP contribution in [0.4, 0.5) is 17.6 Å². The minimum Gasteiger partial charge on any atom is -0.476 e. The number of anilines is 3. The summed E-state index contributed by atoms with van der Waals surface area (Å²) in [5, 5.41) is 17.3. The van der Waals surface area contributed by atoms with Gasteiger partial charge in [-0.2, -0.15) is 10.1 Å². The average molecular weight is 428 g/mol. The third-order valence-corrected chi connectivity index (χ3v) is 4.78. The van der Waals surface area contributed by atoms with Crippen molar-refractivity contribution in [2.45, 2.75) is 53.3 Å². The summed E-state index contributed by atoms with van der Waals surface area (Å²) in [4.78, 5) is 27.4. The molecule has 0 saturated carbocycles. The second kappa shape index (κ2) is 9.25. The van der Waals surface area contributed by atoms with Gasteiger partial charge in [0, 0.05) is 19.3 Å². The van der Waals surface area contributed by atoms with Crippen molar-refractivity contribution in [3.63, 3.8) is 0 Å². The van der Waals surface area contributed by atoms with Crippen molar-refractivity contribution in [1.29, 1.82) is 0 Å². The number of nitrogens with one attached hydrogen (secondary N) is 1. The van der Waals surface area contributed by atoms with Gasteiger partial charge in [0.1, 0.15) is 16.9 Å². The van der Waals surface area contributed by atoms with Gasteiger partial charge in [0.25, 0.3) is 0 Å². The number of ether oxygens (including phenoxy) is 1. The number of carboxylic acids is 1. The van der Waals surface area contributed by atoms with Crippen LogP contribution in [0, 0.1) is 6.92 Å². The summed E-state index contributed by atoms with van der Waals surface area (Å²) in [6.07, 6.45) is 1.76. The molecule has 0 atom stereocenters. The van der Waals surface area contributed by atoms with Crippen LogP contribution in [0.5, 0.6) is 0 Å². The second-order valence-electron chi connectivity index (χ2n) is 7.91. The Kier molecular flexibility index (Phi) is 6.69. The number of hydrogen-bond acceptors (Lipinski definition) is 8. The first kappa shape index (κ1) is 22.4. The molecule has 0 aromatic carbocycles. The molecule has 10 heteroatoms. The van der Waals surface area contributed by atoms with Crippen LogP contribution in [-0.4, -0.2) is 61.6 Å². The lowest BCUT2D eigenvalue weighted by molar-refractivity contribution is 0.0673. The fraction of sp³-hybridized carbons (Fsp3) is 0.476. The highest BCUT2D eigenvalue weighted by molar-refractivity contribution is 6.03. The molecule has 0 saturated heterocycles. The first-order valence-corrected chi connectivity index (χ1v) is 10.2. The quantitative estimate of drug-likeness (QED) is 0.530. The standard InChI is InChI=1S/C21H29N7O3/c1-12(2)27(6)21-24-16-17(20(29)30)26-28(9-10-31-13(3)4)18(16)19(25-21)23-15-11-14(5)7-8-22-15/h7-8,11-13H,9-10H2,1-6H3,(H,29,30)(H,22,23,24,25). The first-order valence-electron chi connectivity index (χ1n) is 10.2. The number of nitrogens with zero attached hydrogens (tertiary/aromatic N) is 6. The van der Waals surface area contributed by atoms with Gasteiger partial charge in [0.15, 0.2) is 11.5 Å². The van der Waals surface area contributed by atoms with Gasteiger partial charge in [-0.15, -0.1) is 0 Å². The summed E-state index contributed by atoms with van der Waals surface area (Å²) >= 11 is 0. The molecule has 0 unspecified atom stereocenters. The zero-order valence-corrected chi connectivity index (χ0v) is 18.7. The molecule has 3 heterocycles. The number of carboxylic acid groups (broad SMARTS) is 1. The van der Waals surface area contributed by atoms with Gasteiger partial charge in [0.05, 0.1) is 19.3 Å². The molecule has 31 heavy (non-hydrogen) atoms. The Bertz CT molecular complexity index is 1080. The summed E-state index contributed by atoms with van der Waals surface area (Å²) in [6, 6.07) is 3.90. The van der Waals surface area contributed by atoms with Crippen molar-refractivity contribution < 1.29 is 14.6 Å². The molecule has 0 aliphatic rings. The lowest BCUT2D eigenvalue weighted by Gasteiger charge is -2.22. The van der Waals surface area contributed by atoms with Crippen LogP contribution in [0.15, 0.2) is 18.3 Å². The van der Waals surface area contributed by atoms with Crippen LogP contribution >= 0.6 is 0 Å². The van der Waals surface area contributed by atoms with Gasteiger partial charge in [-0.25, -0.2) is 14.8 Å². The molecule has 2 N–H and O–H groups in total. The predicted octanol–water partition coefficient (Wildman–Crippen LogP) is 3.24. The highest BCUT2D eigenvalue weighted by atomic mass is 16.5. The maximum atomic E-state index is 11.9. The van der Waals surface area contributed by atoms with E-state index in [-0.39, 0.29) is 23.4 Å². The molecule has 0 aliphatic heterocycles. The van der Waals surface area contributed by atoms with E-state index in [0.29, 0.717) is 36.3 Å². The van der Waals surface area contributed by atoms with Gasteiger partial charge in [-0.1, -0.05) is 0 Å². The molecule has 0 radical (unpaired) electrons. The SMILES string of the molecule is Cc1ccnc(Nc2nc(N(C)C(C)C)nc3c(C(=O)O)nn(CCOC(C)C)c23)c1. The number of carbonyl (C=O) groups is 1. The van der Waals surface area contributed by atoms with Crippen LogP contribution in [0.25, 0.3) is 11.0 Å². The van der Waals surface area contributed by atoms with Crippen LogP contribution < -0.4 is 10.2 Å². The number of aryl methyl sites for hydroxylation is 1. The largest absolute Gasteiger partial charge is 0.476 e. The summed E-state index contributed by atoms with van der Waals surface area (Å²) in [7, 11) is 1.86. The minimum atomic E-state index is -1.15. The van der Waals surface area contributed by atoms with E-state index in [9.17, 15) is 9.90 Å². The molecular weight excluding hydrogens is 398 g/mol. The van der Waals surface area contributed by atoms with Gasteiger partial charge in [0.2, 0.25) is 5.95 Å². The third kappa shape index (κ3) is 5.08. The number of fused-ring (bicyclic) bond motifs is 1. The number of aromatic carboxylic acids is 1. The molecule has 0 bridgehead atoms. The van der Waals surface area contributed by atoms with Gasteiger partial charge in [-0.05, 0) is 52.3 Å². The molecule has 3 rings (SSSR count). The molecule has 0 aliphatic carbocycles. The van der Waals surface area contributed by atoms with Crippen molar-refractivity contribution >= 4 is 34.6 Å². The third-order valence-electron chi connectivity index (χ3n) is 4.78. The average Bonchev–Trinajstić information content (AvgIpc) is 3.06. The lowest BCUT2D eigenvalue weighted by Crippen LogP contribution is -2.28. The number of aromatic nitrogens is 5. The molecule has 166 valence electrons. The van der Waals surface area contributed by atoms with Crippen molar-refractivity contribution in [3.05, 3.63) is 29.6 Å². The fourth-order valence-corrected chi connectivity index (χ4v) is 2.95. The summed E-state index contributed by atoms with van der Waals surface area (Å²) in [5.41, 5.74) is 1.67. The van der Waals surface area contributed by atoms with E-state index in [1.54, 1.807) is 10.9 Å². The van der Waals surface area contributed by atoms with E-state index in [1.165, 1.54) is 0 Å². The molecule has 0 spiro atoms. The molecule has 10 nitrogen and oxygen atoms in total. The zero-order valence-electron chi connectivity index (χ0n) is 18.7. The van der Waals surface area contributed by atoms with Crippen molar-refractivity contribution in [1.82, 2.24) is 24.7 Å². The van der Waals surface area contributed by atoms with Gasteiger partial charge in [-0.3, -0.25) is 4.68 Å². The van der Waals surface area contributed by atoms with E-state index in [1.807, 2.05) is 58.7 Å². The van der Waals surface area contributed by atoms with Gasteiger partial charge < -0.3 is 20.1 Å². The van der Waals surface area contributed by atoms with E-state index in [4.69, 9.17) is 9.72 Å². The number of rotatable bonds is 9. The zero-order chi connectivity index (χ0) is 22.7. The van der Waals surface area contributed by atoms with Crippen molar-refractivity contribution in [3.8, 4) is 0 Å². The highest BCUT2D eigenvalue weighted by Gasteiger charge is 2.24. The Morgan fingerprint density at radius 2 is 2.03 bits per heavy atom. The minimum absolute atomic E-state index is 0.0532. The molecular formula is C21H29N7O3. The van der Waals surface area contributed by atoms with E-state index in [2.05, 4.69) is 20.4 Å². The van der Waals surface area contributed by atoms with Crippen LogP contribution in [-0.2, 0) is 11.3 Å². The van der Waals surface area contributed by atoms with E-state index >= 15 is 0 Å². The second-order valence-corrected chi connectivity index (χ2v) is 7.91. The smallest absolute Gasteiger partial charge is 0.358 e. The summed E-state index contributed by atoms with van der Waals surface area (Å²) in [5.74, 6) is 0.291. The van der Waals surface area contributed by atoms with Crippen LogP contribution in [0.3, 0.4) is 0 Å². The monoisotopic (exact) mass is 427 g/mol. The van der Waals surface area contributed by atoms with Crippen molar-refractivity contribution in [2.75, 3.05) is 23.9 Å². The summed E-state index contributed by atoms with van der Waals surface area (Å²) in [6.45, 7) is 10.6. The maximum Gasteiger partial charge on any atom is 0.358 e. The summed E-state index contributed by atoms with van der Waals surface area (Å²) < 4.78 is 7.22.